The molecule has 0 saturated carbocycles. The molecule has 1 N–H and O–H groups in total. The van der Waals surface area contributed by atoms with Crippen LogP contribution in [0.5, 0.6) is 11.5 Å². The smallest absolute Gasteiger partial charge is 0.222 e. The number of hydrogen-bond donors (Lipinski definition) is 1. The van der Waals surface area contributed by atoms with Gasteiger partial charge in [-0.15, -0.1) is 0 Å². The largest absolute Gasteiger partial charge is 0.497 e. The Labute approximate surface area is 177 Å². The molecule has 0 aliphatic carbocycles. The van der Waals surface area contributed by atoms with E-state index in [1.54, 1.807) is 14.2 Å². The third-order valence-electron chi connectivity index (χ3n) is 5.81. The van der Waals surface area contributed by atoms with E-state index in [1.165, 1.54) is 16.7 Å². The van der Waals surface area contributed by atoms with Crippen LogP contribution in [-0.2, 0) is 11.2 Å². The number of ether oxygens (including phenoxy) is 2. The van der Waals surface area contributed by atoms with Crippen molar-refractivity contribution in [1.29, 1.82) is 0 Å². The van der Waals surface area contributed by atoms with Gasteiger partial charge in [-0.3, -0.25) is 4.79 Å². The summed E-state index contributed by atoms with van der Waals surface area (Å²) in [6.45, 7) is 1.49. The van der Waals surface area contributed by atoms with Crippen LogP contribution in [0.2, 0.25) is 0 Å². The first-order valence-electron chi connectivity index (χ1n) is 10.4. The van der Waals surface area contributed by atoms with Crippen molar-refractivity contribution in [2.24, 2.45) is 0 Å². The van der Waals surface area contributed by atoms with Gasteiger partial charge in [0.15, 0.2) is 0 Å². The van der Waals surface area contributed by atoms with E-state index in [0.717, 1.165) is 48.2 Å². The molecule has 2 heterocycles. The summed E-state index contributed by atoms with van der Waals surface area (Å²) in [7, 11) is 3.31. The molecule has 0 spiro atoms. The van der Waals surface area contributed by atoms with Gasteiger partial charge in [0.25, 0.3) is 0 Å². The minimum Gasteiger partial charge on any atom is -0.497 e. The highest BCUT2D eigenvalue weighted by Crippen LogP contribution is 2.33. The van der Waals surface area contributed by atoms with Crippen LogP contribution < -0.4 is 9.47 Å². The first-order chi connectivity index (χ1) is 14.7. The second kappa shape index (κ2) is 9.08. The van der Waals surface area contributed by atoms with Crippen molar-refractivity contribution in [3.8, 4) is 11.5 Å². The lowest BCUT2D eigenvalue weighted by atomic mass is 9.99. The van der Waals surface area contributed by atoms with E-state index in [9.17, 15) is 4.79 Å². The van der Waals surface area contributed by atoms with Crippen LogP contribution in [0.25, 0.3) is 16.5 Å². The fraction of sp³-hybridized carbons (Fsp3) is 0.320. The number of methoxy groups -OCH3 is 2. The molecule has 156 valence electrons. The molecule has 5 heteroatoms. The first-order valence-corrected chi connectivity index (χ1v) is 10.4. The SMILES string of the molecule is COc1cc(OC)c2[nH]cc(CCCC(=O)N3CC=C(c4ccccc4)CC3)c2c1. The average Bonchev–Trinajstić information content (AvgIpc) is 3.22. The van der Waals surface area contributed by atoms with Gasteiger partial charge in [0.1, 0.15) is 11.5 Å². The zero-order valence-corrected chi connectivity index (χ0v) is 17.6. The number of benzene rings is 2. The fourth-order valence-corrected chi connectivity index (χ4v) is 4.11. The number of fused-ring (bicyclic) bond motifs is 1. The molecule has 30 heavy (non-hydrogen) atoms. The molecular weight excluding hydrogens is 376 g/mol. The number of aromatic amines is 1. The lowest BCUT2D eigenvalue weighted by Crippen LogP contribution is -2.34. The molecule has 1 aliphatic heterocycles. The Balaban J connectivity index is 1.35. The van der Waals surface area contributed by atoms with E-state index in [0.29, 0.717) is 13.0 Å². The summed E-state index contributed by atoms with van der Waals surface area (Å²) in [6, 6.07) is 14.3. The number of aryl methyl sites for hydroxylation is 1. The third-order valence-corrected chi connectivity index (χ3v) is 5.81. The van der Waals surface area contributed by atoms with E-state index in [2.05, 4.69) is 35.3 Å². The normalized spacial score (nSPS) is 13.9. The maximum absolute atomic E-state index is 12.7. The summed E-state index contributed by atoms with van der Waals surface area (Å²) in [5.74, 6) is 1.76. The highest BCUT2D eigenvalue weighted by molar-refractivity contribution is 5.90. The number of nitrogens with one attached hydrogen (secondary N) is 1. The van der Waals surface area contributed by atoms with Gasteiger partial charge >= 0.3 is 0 Å². The molecule has 1 aliphatic rings. The Hall–Kier alpha value is -3.21. The van der Waals surface area contributed by atoms with Crippen molar-refractivity contribution in [3.63, 3.8) is 0 Å². The number of aromatic nitrogens is 1. The molecule has 4 rings (SSSR count). The van der Waals surface area contributed by atoms with E-state index in [4.69, 9.17) is 9.47 Å². The lowest BCUT2D eigenvalue weighted by molar-refractivity contribution is -0.130. The summed E-state index contributed by atoms with van der Waals surface area (Å²) in [4.78, 5) is 17.9. The van der Waals surface area contributed by atoms with Crippen LogP contribution in [0.4, 0.5) is 0 Å². The molecule has 0 fully saturated rings. The number of carbonyl (C=O) groups excluding carboxylic acids is 1. The zero-order valence-electron chi connectivity index (χ0n) is 17.6. The van der Waals surface area contributed by atoms with Gasteiger partial charge < -0.3 is 19.4 Å². The molecule has 5 nitrogen and oxygen atoms in total. The van der Waals surface area contributed by atoms with Crippen LogP contribution in [0.15, 0.2) is 54.7 Å². The van der Waals surface area contributed by atoms with Crippen LogP contribution in [0.1, 0.15) is 30.4 Å². The Morgan fingerprint density at radius 1 is 1.13 bits per heavy atom. The molecular formula is C25H28N2O3. The minimum absolute atomic E-state index is 0.230. The summed E-state index contributed by atoms with van der Waals surface area (Å²) < 4.78 is 10.9. The van der Waals surface area contributed by atoms with Crippen molar-refractivity contribution in [2.75, 3.05) is 27.3 Å². The van der Waals surface area contributed by atoms with Crippen LogP contribution >= 0.6 is 0 Å². The number of carbonyl (C=O) groups is 1. The predicted octanol–water partition coefficient (Wildman–Crippen LogP) is 4.82. The Bertz CT molecular complexity index is 1050. The fourth-order valence-electron chi connectivity index (χ4n) is 4.11. The summed E-state index contributed by atoms with van der Waals surface area (Å²) in [5.41, 5.74) is 4.74. The average molecular weight is 405 g/mol. The summed E-state index contributed by atoms with van der Waals surface area (Å²) >= 11 is 0. The topological polar surface area (TPSA) is 54.6 Å². The maximum Gasteiger partial charge on any atom is 0.222 e. The number of amides is 1. The van der Waals surface area contributed by atoms with Crippen molar-refractivity contribution in [1.82, 2.24) is 9.88 Å². The molecule has 0 saturated heterocycles. The van der Waals surface area contributed by atoms with E-state index < -0.39 is 0 Å². The van der Waals surface area contributed by atoms with Gasteiger partial charge in [0.2, 0.25) is 5.91 Å². The quantitative estimate of drug-likeness (QED) is 0.614. The van der Waals surface area contributed by atoms with Crippen LogP contribution in [-0.4, -0.2) is 43.1 Å². The Morgan fingerprint density at radius 3 is 2.67 bits per heavy atom. The molecule has 0 bridgehead atoms. The summed E-state index contributed by atoms with van der Waals surface area (Å²) in [5, 5.41) is 1.09. The molecule has 0 unspecified atom stereocenters. The van der Waals surface area contributed by atoms with Gasteiger partial charge in [-0.1, -0.05) is 36.4 Å². The number of hydrogen-bond acceptors (Lipinski definition) is 3. The number of H-pyrrole nitrogens is 1. The monoisotopic (exact) mass is 404 g/mol. The molecule has 1 aromatic heterocycles. The van der Waals surface area contributed by atoms with Gasteiger partial charge in [-0.05, 0) is 42.0 Å². The van der Waals surface area contributed by atoms with Gasteiger partial charge in [0, 0.05) is 37.2 Å². The van der Waals surface area contributed by atoms with Crippen molar-refractivity contribution >= 4 is 22.4 Å². The standard InChI is InChI=1S/C25H28N2O3/c1-29-21-15-22-20(17-26-25(22)23(16-21)30-2)9-6-10-24(28)27-13-11-19(12-14-27)18-7-4-3-5-8-18/h3-5,7-8,11,15-17,26H,6,9-10,12-14H2,1-2H3. The van der Waals surface area contributed by atoms with E-state index in [1.807, 2.05) is 29.3 Å². The third kappa shape index (κ3) is 4.20. The van der Waals surface area contributed by atoms with Gasteiger partial charge in [0.05, 0.1) is 19.7 Å². The van der Waals surface area contributed by atoms with Crippen molar-refractivity contribution in [3.05, 3.63) is 65.9 Å². The molecule has 3 aromatic rings. The van der Waals surface area contributed by atoms with Crippen molar-refractivity contribution < 1.29 is 14.3 Å². The van der Waals surface area contributed by atoms with Crippen LogP contribution in [0, 0.1) is 0 Å². The predicted molar refractivity (Wildman–Crippen MR) is 120 cm³/mol. The molecule has 0 atom stereocenters. The second-order valence-electron chi connectivity index (χ2n) is 7.60. The number of rotatable bonds is 7. The van der Waals surface area contributed by atoms with Crippen molar-refractivity contribution in [2.45, 2.75) is 25.7 Å². The minimum atomic E-state index is 0.230. The second-order valence-corrected chi connectivity index (χ2v) is 7.60. The molecule has 1 amide bonds. The van der Waals surface area contributed by atoms with E-state index in [-0.39, 0.29) is 5.91 Å². The van der Waals surface area contributed by atoms with Crippen LogP contribution in [0.3, 0.4) is 0 Å². The molecule has 0 radical (unpaired) electrons. The maximum atomic E-state index is 12.7. The highest BCUT2D eigenvalue weighted by atomic mass is 16.5. The Kier molecular flexibility index (Phi) is 6.07. The lowest BCUT2D eigenvalue weighted by Gasteiger charge is -2.26. The number of nitrogens with zero attached hydrogens (tertiary/aromatic N) is 1. The Morgan fingerprint density at radius 2 is 1.97 bits per heavy atom. The highest BCUT2D eigenvalue weighted by Gasteiger charge is 2.18. The molecule has 2 aromatic carbocycles. The zero-order chi connectivity index (χ0) is 20.9. The first kappa shape index (κ1) is 20.1. The van der Waals surface area contributed by atoms with E-state index >= 15 is 0 Å². The van der Waals surface area contributed by atoms with Gasteiger partial charge in [-0.25, -0.2) is 0 Å². The summed E-state index contributed by atoms with van der Waals surface area (Å²) in [6.07, 6.45) is 7.32. The van der Waals surface area contributed by atoms with Gasteiger partial charge in [-0.2, -0.15) is 0 Å².